The molecule has 0 spiro atoms. The average molecular weight is 211 g/mol. The van der Waals surface area contributed by atoms with Gasteiger partial charge in [0.2, 0.25) is 0 Å². The first-order valence-electron chi connectivity index (χ1n) is 4.94. The highest BCUT2D eigenvalue weighted by atomic mass is 16.5. The number of benzene rings is 1. The highest BCUT2D eigenvalue weighted by Gasteiger charge is 2.00. The first kappa shape index (κ1) is 8.91. The highest BCUT2D eigenvalue weighted by Crippen LogP contribution is 2.22. The lowest BCUT2D eigenvalue weighted by Crippen LogP contribution is -1.89. The molecule has 0 fully saturated rings. The lowest BCUT2D eigenvalue weighted by Gasteiger charge is -2.02. The Kier molecular flexibility index (Phi) is 2.04. The third kappa shape index (κ3) is 1.61. The van der Waals surface area contributed by atoms with Gasteiger partial charge in [0.15, 0.2) is 0 Å². The van der Waals surface area contributed by atoms with Gasteiger partial charge in [-0.1, -0.05) is 0 Å². The molecule has 0 atom stereocenters. The number of rotatable bonds is 2. The van der Waals surface area contributed by atoms with Crippen molar-refractivity contribution in [2.75, 3.05) is 0 Å². The van der Waals surface area contributed by atoms with Gasteiger partial charge < -0.3 is 9.72 Å². The number of nitrogens with one attached hydrogen (secondary N) is 1. The maximum atomic E-state index is 5.52. The largest absolute Gasteiger partial charge is 0.424 e. The van der Waals surface area contributed by atoms with Gasteiger partial charge in [0.1, 0.15) is 5.75 Å². The van der Waals surface area contributed by atoms with Crippen LogP contribution in [0.15, 0.2) is 48.9 Å². The molecule has 0 bridgehead atoms. The fourth-order valence-electron chi connectivity index (χ4n) is 1.54. The summed E-state index contributed by atoms with van der Waals surface area (Å²) in [5.41, 5.74) is 1.08. The van der Waals surface area contributed by atoms with E-state index in [9.17, 15) is 0 Å². The van der Waals surface area contributed by atoms with E-state index in [1.807, 2.05) is 30.5 Å². The van der Waals surface area contributed by atoms with E-state index in [1.54, 1.807) is 18.5 Å². The predicted octanol–water partition coefficient (Wildman–Crippen LogP) is 2.75. The molecular weight excluding hydrogens is 202 g/mol. The summed E-state index contributed by atoms with van der Waals surface area (Å²) in [5.74, 6) is 0.735. The third-order valence-electron chi connectivity index (χ3n) is 2.28. The Labute approximate surface area is 91.9 Å². The molecule has 16 heavy (non-hydrogen) atoms. The number of nitrogens with zero attached hydrogens (tertiary/aromatic N) is 2. The average Bonchev–Trinajstić information content (AvgIpc) is 2.77. The molecule has 0 aliphatic rings. The molecule has 3 aromatic rings. The molecule has 3 rings (SSSR count). The van der Waals surface area contributed by atoms with Gasteiger partial charge in [0.25, 0.3) is 0 Å². The molecule has 0 saturated carbocycles. The minimum absolute atomic E-state index is 0.359. The van der Waals surface area contributed by atoms with Crippen LogP contribution in [0, 0.1) is 0 Å². The molecule has 4 nitrogen and oxygen atoms in total. The Balaban J connectivity index is 1.94. The van der Waals surface area contributed by atoms with Gasteiger partial charge in [-0.25, -0.2) is 9.97 Å². The van der Waals surface area contributed by atoms with Crippen molar-refractivity contribution in [3.8, 4) is 11.8 Å². The van der Waals surface area contributed by atoms with Crippen LogP contribution in [0.3, 0.4) is 0 Å². The van der Waals surface area contributed by atoms with E-state index in [4.69, 9.17) is 4.74 Å². The van der Waals surface area contributed by atoms with Crippen molar-refractivity contribution < 1.29 is 4.74 Å². The van der Waals surface area contributed by atoms with E-state index in [1.165, 1.54) is 0 Å². The first-order valence-corrected chi connectivity index (χ1v) is 4.94. The molecule has 0 radical (unpaired) electrons. The number of hydrogen-bond donors (Lipinski definition) is 1. The molecular formula is C12H9N3O. The van der Waals surface area contributed by atoms with Gasteiger partial charge in [0, 0.05) is 29.5 Å². The van der Waals surface area contributed by atoms with Crippen molar-refractivity contribution in [1.82, 2.24) is 15.0 Å². The fourth-order valence-corrected chi connectivity index (χ4v) is 1.54. The molecule has 0 saturated heterocycles. The molecule has 4 heteroatoms. The van der Waals surface area contributed by atoms with Gasteiger partial charge in [-0.15, -0.1) is 0 Å². The zero-order chi connectivity index (χ0) is 10.8. The number of ether oxygens (including phenoxy) is 1. The van der Waals surface area contributed by atoms with E-state index >= 15 is 0 Å². The maximum absolute atomic E-state index is 5.52. The molecule has 2 heterocycles. The predicted molar refractivity (Wildman–Crippen MR) is 60.4 cm³/mol. The SMILES string of the molecule is c1cnc(Oc2ccc3[nH]ccc3c2)nc1. The molecule has 0 aliphatic heterocycles. The van der Waals surface area contributed by atoms with E-state index in [-0.39, 0.29) is 0 Å². The number of aromatic amines is 1. The molecule has 78 valence electrons. The van der Waals surface area contributed by atoms with Crippen molar-refractivity contribution in [2.24, 2.45) is 0 Å². The molecule has 2 aromatic heterocycles. The topological polar surface area (TPSA) is 50.8 Å². The summed E-state index contributed by atoms with van der Waals surface area (Å²) >= 11 is 0. The van der Waals surface area contributed by atoms with Crippen LogP contribution in [0.1, 0.15) is 0 Å². The Morgan fingerprint density at radius 1 is 1.06 bits per heavy atom. The van der Waals surface area contributed by atoms with Gasteiger partial charge in [0.05, 0.1) is 0 Å². The van der Waals surface area contributed by atoms with Gasteiger partial charge in [-0.2, -0.15) is 0 Å². The van der Waals surface area contributed by atoms with Crippen LogP contribution < -0.4 is 4.74 Å². The summed E-state index contributed by atoms with van der Waals surface area (Å²) in [4.78, 5) is 11.1. The van der Waals surface area contributed by atoms with Crippen LogP contribution >= 0.6 is 0 Å². The highest BCUT2D eigenvalue weighted by molar-refractivity contribution is 5.80. The van der Waals surface area contributed by atoms with Crippen molar-refractivity contribution in [3.63, 3.8) is 0 Å². The quantitative estimate of drug-likeness (QED) is 0.709. The van der Waals surface area contributed by atoms with Crippen molar-refractivity contribution in [3.05, 3.63) is 48.9 Å². The summed E-state index contributed by atoms with van der Waals surface area (Å²) in [7, 11) is 0. The smallest absolute Gasteiger partial charge is 0.321 e. The minimum atomic E-state index is 0.359. The van der Waals surface area contributed by atoms with Crippen molar-refractivity contribution in [1.29, 1.82) is 0 Å². The molecule has 1 aromatic carbocycles. The summed E-state index contributed by atoms with van der Waals surface area (Å²) in [6, 6.07) is 9.90. The van der Waals surface area contributed by atoms with Crippen LogP contribution in [-0.4, -0.2) is 15.0 Å². The van der Waals surface area contributed by atoms with Crippen LogP contribution in [-0.2, 0) is 0 Å². The summed E-state index contributed by atoms with van der Waals surface area (Å²) < 4.78 is 5.52. The number of H-pyrrole nitrogens is 1. The monoisotopic (exact) mass is 211 g/mol. The Morgan fingerprint density at radius 2 is 1.94 bits per heavy atom. The molecule has 1 N–H and O–H groups in total. The molecule has 0 aliphatic carbocycles. The first-order chi connectivity index (χ1) is 7.92. The lowest BCUT2D eigenvalue weighted by atomic mass is 10.2. The zero-order valence-electron chi connectivity index (χ0n) is 8.42. The summed E-state index contributed by atoms with van der Waals surface area (Å²) in [5, 5.41) is 1.11. The standard InChI is InChI=1S/C12H9N3O/c1-5-14-12(15-6-1)16-10-2-3-11-9(8-10)4-7-13-11/h1-8,13H. The Morgan fingerprint density at radius 3 is 2.81 bits per heavy atom. The van der Waals surface area contributed by atoms with Gasteiger partial charge in [-0.05, 0) is 30.3 Å². The zero-order valence-corrected chi connectivity index (χ0v) is 8.42. The fraction of sp³-hybridized carbons (Fsp3) is 0. The maximum Gasteiger partial charge on any atom is 0.321 e. The lowest BCUT2D eigenvalue weighted by molar-refractivity contribution is 0.442. The number of hydrogen-bond acceptors (Lipinski definition) is 3. The van der Waals surface area contributed by atoms with Crippen LogP contribution in [0.2, 0.25) is 0 Å². The Bertz CT molecular complexity index is 604. The van der Waals surface area contributed by atoms with E-state index in [2.05, 4.69) is 15.0 Å². The normalized spacial score (nSPS) is 10.5. The van der Waals surface area contributed by atoms with Gasteiger partial charge in [-0.3, -0.25) is 0 Å². The second-order valence-electron chi connectivity index (χ2n) is 3.36. The van der Waals surface area contributed by atoms with E-state index in [0.717, 1.165) is 16.7 Å². The van der Waals surface area contributed by atoms with Crippen LogP contribution in [0.4, 0.5) is 0 Å². The second-order valence-corrected chi connectivity index (χ2v) is 3.36. The van der Waals surface area contributed by atoms with E-state index in [0.29, 0.717) is 6.01 Å². The van der Waals surface area contributed by atoms with E-state index < -0.39 is 0 Å². The third-order valence-corrected chi connectivity index (χ3v) is 2.28. The number of aromatic nitrogens is 3. The van der Waals surface area contributed by atoms with Gasteiger partial charge >= 0.3 is 6.01 Å². The summed E-state index contributed by atoms with van der Waals surface area (Å²) in [6.07, 6.45) is 5.20. The van der Waals surface area contributed by atoms with Crippen molar-refractivity contribution >= 4 is 10.9 Å². The Hall–Kier alpha value is -2.36. The van der Waals surface area contributed by atoms with Crippen LogP contribution in [0.25, 0.3) is 10.9 Å². The second kappa shape index (κ2) is 3.66. The van der Waals surface area contributed by atoms with Crippen LogP contribution in [0.5, 0.6) is 11.8 Å². The van der Waals surface area contributed by atoms with Crippen molar-refractivity contribution in [2.45, 2.75) is 0 Å². The molecule has 0 unspecified atom stereocenters. The number of fused-ring (bicyclic) bond motifs is 1. The summed E-state index contributed by atoms with van der Waals surface area (Å²) in [6.45, 7) is 0. The minimum Gasteiger partial charge on any atom is -0.424 e. The molecule has 0 amide bonds.